The molecular formula is C9H21N. The highest BCUT2D eigenvalue weighted by Crippen LogP contribution is 2.12. The van der Waals surface area contributed by atoms with Gasteiger partial charge in [0, 0.05) is 6.04 Å². The van der Waals surface area contributed by atoms with Crippen LogP contribution in [0.2, 0.25) is 0 Å². The fourth-order valence-corrected chi connectivity index (χ4v) is 1.31. The van der Waals surface area contributed by atoms with Gasteiger partial charge in [0.15, 0.2) is 0 Å². The molecule has 0 aliphatic carbocycles. The molecule has 0 fully saturated rings. The van der Waals surface area contributed by atoms with Crippen molar-refractivity contribution in [3.05, 3.63) is 0 Å². The van der Waals surface area contributed by atoms with E-state index in [0.717, 1.165) is 5.92 Å². The van der Waals surface area contributed by atoms with Gasteiger partial charge in [-0.3, -0.25) is 0 Å². The van der Waals surface area contributed by atoms with E-state index in [1.165, 1.54) is 25.7 Å². The third kappa shape index (κ3) is 6.09. The highest BCUT2D eigenvalue weighted by molar-refractivity contribution is 4.60. The number of hydrogen-bond donors (Lipinski definition) is 1. The minimum absolute atomic E-state index is 0.381. The summed E-state index contributed by atoms with van der Waals surface area (Å²) in [4.78, 5) is 0. The first kappa shape index (κ1) is 9.96. The Balaban J connectivity index is 3.16. The first-order valence-electron chi connectivity index (χ1n) is 4.42. The van der Waals surface area contributed by atoms with Gasteiger partial charge in [-0.2, -0.15) is 0 Å². The molecule has 0 heterocycles. The van der Waals surface area contributed by atoms with Crippen LogP contribution in [0.15, 0.2) is 0 Å². The first-order chi connectivity index (χ1) is 4.66. The zero-order valence-electron chi connectivity index (χ0n) is 7.56. The lowest BCUT2D eigenvalue weighted by atomic mass is 9.97. The van der Waals surface area contributed by atoms with E-state index >= 15 is 0 Å². The lowest BCUT2D eigenvalue weighted by Gasteiger charge is -2.12. The number of unbranched alkanes of at least 4 members (excludes halogenated alkanes) is 1. The summed E-state index contributed by atoms with van der Waals surface area (Å²) in [6.45, 7) is 6.61. The molecule has 0 aromatic carbocycles. The molecule has 0 aliphatic rings. The molecule has 0 amide bonds. The molecule has 62 valence electrons. The summed E-state index contributed by atoms with van der Waals surface area (Å²) >= 11 is 0. The molecule has 0 saturated carbocycles. The Morgan fingerprint density at radius 3 is 2.30 bits per heavy atom. The highest BCUT2D eigenvalue weighted by atomic mass is 14.6. The standard InChI is InChI=1S/C9H21N/c1-4-5-6-8(2)7-9(3)10/h8-9H,4-7,10H2,1-3H3/t8-,9-/m0/s1. The van der Waals surface area contributed by atoms with Crippen LogP contribution >= 0.6 is 0 Å². The summed E-state index contributed by atoms with van der Waals surface area (Å²) in [6.07, 6.45) is 5.19. The van der Waals surface area contributed by atoms with Crippen molar-refractivity contribution in [1.29, 1.82) is 0 Å². The topological polar surface area (TPSA) is 26.0 Å². The minimum atomic E-state index is 0.381. The van der Waals surface area contributed by atoms with Gasteiger partial charge < -0.3 is 5.73 Å². The fraction of sp³-hybridized carbons (Fsp3) is 1.00. The molecule has 1 nitrogen and oxygen atoms in total. The van der Waals surface area contributed by atoms with E-state index in [4.69, 9.17) is 5.73 Å². The SMILES string of the molecule is CCCC[C@H](C)C[C@H](C)N. The van der Waals surface area contributed by atoms with Crippen molar-refractivity contribution in [2.45, 2.75) is 52.5 Å². The number of hydrogen-bond acceptors (Lipinski definition) is 1. The van der Waals surface area contributed by atoms with Gasteiger partial charge in [0.25, 0.3) is 0 Å². The number of nitrogens with two attached hydrogens (primary N) is 1. The summed E-state index contributed by atoms with van der Waals surface area (Å²) in [5, 5.41) is 0. The molecule has 0 aromatic rings. The van der Waals surface area contributed by atoms with Crippen molar-refractivity contribution >= 4 is 0 Å². The smallest absolute Gasteiger partial charge is 0.00130 e. The van der Waals surface area contributed by atoms with E-state index in [9.17, 15) is 0 Å². The van der Waals surface area contributed by atoms with E-state index in [2.05, 4.69) is 20.8 Å². The van der Waals surface area contributed by atoms with E-state index in [-0.39, 0.29) is 0 Å². The van der Waals surface area contributed by atoms with Crippen LogP contribution < -0.4 is 5.73 Å². The monoisotopic (exact) mass is 143 g/mol. The van der Waals surface area contributed by atoms with E-state index in [1.807, 2.05) is 0 Å². The maximum atomic E-state index is 5.67. The Kier molecular flexibility index (Phi) is 5.70. The van der Waals surface area contributed by atoms with Crippen LogP contribution in [0, 0.1) is 5.92 Å². The van der Waals surface area contributed by atoms with Gasteiger partial charge in [0.05, 0.1) is 0 Å². The van der Waals surface area contributed by atoms with Crippen LogP contribution in [0.5, 0.6) is 0 Å². The molecule has 0 aromatic heterocycles. The van der Waals surface area contributed by atoms with Gasteiger partial charge in [-0.1, -0.05) is 33.1 Å². The zero-order valence-corrected chi connectivity index (χ0v) is 7.56. The minimum Gasteiger partial charge on any atom is -0.328 e. The van der Waals surface area contributed by atoms with Gasteiger partial charge in [-0.15, -0.1) is 0 Å². The molecule has 0 aliphatic heterocycles. The molecular weight excluding hydrogens is 122 g/mol. The molecule has 0 spiro atoms. The van der Waals surface area contributed by atoms with Crippen molar-refractivity contribution < 1.29 is 0 Å². The zero-order chi connectivity index (χ0) is 7.98. The summed E-state index contributed by atoms with van der Waals surface area (Å²) in [5.74, 6) is 0.819. The van der Waals surface area contributed by atoms with Crippen LogP contribution in [0.4, 0.5) is 0 Å². The van der Waals surface area contributed by atoms with E-state index in [1.54, 1.807) is 0 Å². The average Bonchev–Trinajstić information content (AvgIpc) is 1.82. The average molecular weight is 143 g/mol. The first-order valence-corrected chi connectivity index (χ1v) is 4.42. The van der Waals surface area contributed by atoms with Gasteiger partial charge in [0.2, 0.25) is 0 Å². The second-order valence-electron chi connectivity index (χ2n) is 3.46. The predicted octanol–water partition coefficient (Wildman–Crippen LogP) is 2.55. The lowest BCUT2D eigenvalue weighted by molar-refractivity contribution is 0.437. The normalized spacial score (nSPS) is 16.8. The Morgan fingerprint density at radius 1 is 1.30 bits per heavy atom. The molecule has 1 heteroatoms. The number of rotatable bonds is 5. The summed E-state index contributed by atoms with van der Waals surface area (Å²) in [7, 11) is 0. The molecule has 0 saturated heterocycles. The van der Waals surface area contributed by atoms with Crippen molar-refractivity contribution in [2.24, 2.45) is 11.7 Å². The Labute approximate surface area is 65.0 Å². The van der Waals surface area contributed by atoms with Gasteiger partial charge in [-0.25, -0.2) is 0 Å². The van der Waals surface area contributed by atoms with Crippen LogP contribution in [-0.2, 0) is 0 Å². The van der Waals surface area contributed by atoms with Crippen molar-refractivity contribution in [1.82, 2.24) is 0 Å². The predicted molar refractivity (Wildman–Crippen MR) is 47.0 cm³/mol. The van der Waals surface area contributed by atoms with Gasteiger partial charge in [0.1, 0.15) is 0 Å². The Bertz CT molecular complexity index is 69.1. The summed E-state index contributed by atoms with van der Waals surface area (Å²) < 4.78 is 0. The van der Waals surface area contributed by atoms with Crippen LogP contribution in [0.3, 0.4) is 0 Å². The lowest BCUT2D eigenvalue weighted by Crippen LogP contribution is -2.18. The van der Waals surface area contributed by atoms with Gasteiger partial charge in [-0.05, 0) is 19.3 Å². The summed E-state index contributed by atoms with van der Waals surface area (Å²) in [6, 6.07) is 0.381. The van der Waals surface area contributed by atoms with Gasteiger partial charge >= 0.3 is 0 Å². The van der Waals surface area contributed by atoms with E-state index in [0.29, 0.717) is 6.04 Å². The van der Waals surface area contributed by atoms with Crippen molar-refractivity contribution in [3.63, 3.8) is 0 Å². The van der Waals surface area contributed by atoms with Crippen molar-refractivity contribution in [2.75, 3.05) is 0 Å². The molecule has 0 bridgehead atoms. The van der Waals surface area contributed by atoms with Crippen LogP contribution in [0.1, 0.15) is 46.5 Å². The quantitative estimate of drug-likeness (QED) is 0.629. The molecule has 0 unspecified atom stereocenters. The van der Waals surface area contributed by atoms with Crippen LogP contribution in [-0.4, -0.2) is 6.04 Å². The third-order valence-corrected chi connectivity index (χ3v) is 1.82. The second-order valence-corrected chi connectivity index (χ2v) is 3.46. The fourth-order valence-electron chi connectivity index (χ4n) is 1.31. The highest BCUT2D eigenvalue weighted by Gasteiger charge is 2.03. The van der Waals surface area contributed by atoms with E-state index < -0.39 is 0 Å². The van der Waals surface area contributed by atoms with Crippen LogP contribution in [0.25, 0.3) is 0 Å². The molecule has 10 heavy (non-hydrogen) atoms. The maximum Gasteiger partial charge on any atom is 0.00130 e. The molecule has 0 radical (unpaired) electrons. The third-order valence-electron chi connectivity index (χ3n) is 1.82. The maximum absolute atomic E-state index is 5.67. The largest absolute Gasteiger partial charge is 0.328 e. The van der Waals surface area contributed by atoms with Crippen molar-refractivity contribution in [3.8, 4) is 0 Å². The molecule has 2 atom stereocenters. The Hall–Kier alpha value is -0.0400. The second kappa shape index (κ2) is 5.72. The molecule has 2 N–H and O–H groups in total. The molecule has 0 rings (SSSR count). The Morgan fingerprint density at radius 2 is 1.90 bits per heavy atom. The summed E-state index contributed by atoms with van der Waals surface area (Å²) in [5.41, 5.74) is 5.67.